The maximum Gasteiger partial charge on any atom is 0.316 e. The van der Waals surface area contributed by atoms with E-state index >= 15 is 0 Å². The number of nitrogens with zero attached hydrogens (tertiary/aromatic N) is 2. The third-order valence-corrected chi connectivity index (χ3v) is 2.99. The molecule has 1 atom stereocenters. The molecule has 1 aromatic carbocycles. The number of H-pyrrole nitrogens is 1. The highest BCUT2D eigenvalue weighted by atomic mass is 16.5. The van der Waals surface area contributed by atoms with Gasteiger partial charge in [-0.05, 0) is 24.4 Å². The lowest BCUT2D eigenvalue weighted by atomic mass is 10.1. The Morgan fingerprint density at radius 1 is 1.48 bits per heavy atom. The summed E-state index contributed by atoms with van der Waals surface area (Å²) in [6, 6.07) is 7.64. The smallest absolute Gasteiger partial charge is 0.316 e. The molecule has 3 aromatic rings. The van der Waals surface area contributed by atoms with E-state index in [4.69, 9.17) is 9.63 Å². The van der Waals surface area contributed by atoms with E-state index in [2.05, 4.69) is 20.4 Å². The Balaban J connectivity index is 1.82. The largest absolute Gasteiger partial charge is 0.392 e. The summed E-state index contributed by atoms with van der Waals surface area (Å²) < 4.78 is 4.94. The summed E-state index contributed by atoms with van der Waals surface area (Å²) in [4.78, 5) is 18.9. The molecule has 0 aliphatic carbocycles. The molecule has 0 bridgehead atoms. The highest BCUT2D eigenvalue weighted by Gasteiger charge is 2.16. The van der Waals surface area contributed by atoms with Crippen molar-refractivity contribution in [1.29, 1.82) is 0 Å². The summed E-state index contributed by atoms with van der Waals surface area (Å²) in [5.41, 5.74) is 1.71. The Morgan fingerprint density at radius 2 is 2.33 bits per heavy atom. The van der Waals surface area contributed by atoms with Gasteiger partial charge in [-0.25, -0.2) is 0 Å². The molecule has 7 heteroatoms. The van der Waals surface area contributed by atoms with Crippen LogP contribution in [0.1, 0.15) is 17.6 Å². The molecule has 0 unspecified atom stereocenters. The number of aliphatic hydroxyl groups is 1. The highest BCUT2D eigenvalue weighted by molar-refractivity contribution is 5.90. The minimum absolute atomic E-state index is 0.128. The van der Waals surface area contributed by atoms with Gasteiger partial charge >= 0.3 is 11.8 Å². The minimum Gasteiger partial charge on any atom is -0.392 e. The van der Waals surface area contributed by atoms with Gasteiger partial charge in [-0.2, -0.15) is 4.98 Å². The Bertz CT molecular complexity index is 775. The van der Waals surface area contributed by atoms with Crippen LogP contribution in [0.2, 0.25) is 0 Å². The first-order chi connectivity index (χ1) is 10.1. The summed E-state index contributed by atoms with van der Waals surface area (Å²) in [7, 11) is 0. The number of aliphatic hydroxyl groups excluding tert-OH is 1. The second-order valence-electron chi connectivity index (χ2n) is 4.76. The van der Waals surface area contributed by atoms with Crippen molar-refractivity contribution in [3.63, 3.8) is 0 Å². The summed E-state index contributed by atoms with van der Waals surface area (Å²) in [5.74, 6) is -0.290. The van der Waals surface area contributed by atoms with Gasteiger partial charge in [-0.15, -0.1) is 0 Å². The van der Waals surface area contributed by atoms with E-state index in [0.717, 1.165) is 16.5 Å². The van der Waals surface area contributed by atoms with Crippen LogP contribution >= 0.6 is 0 Å². The molecule has 1 amide bonds. The first kappa shape index (κ1) is 13.3. The van der Waals surface area contributed by atoms with Gasteiger partial charge in [0, 0.05) is 23.8 Å². The van der Waals surface area contributed by atoms with Crippen molar-refractivity contribution in [3.8, 4) is 11.4 Å². The van der Waals surface area contributed by atoms with Crippen LogP contribution in [0.5, 0.6) is 0 Å². The van der Waals surface area contributed by atoms with Crippen LogP contribution in [0.4, 0.5) is 0 Å². The fourth-order valence-corrected chi connectivity index (χ4v) is 1.94. The molecule has 2 aromatic heterocycles. The first-order valence-electron chi connectivity index (χ1n) is 6.51. The molecule has 0 radical (unpaired) electrons. The molecule has 0 aliphatic heterocycles. The van der Waals surface area contributed by atoms with E-state index in [1.54, 1.807) is 6.92 Å². The standard InChI is InChI=1S/C14H14N4O3/c1-8(19)7-16-13(20)14-17-12(18-21-14)10-3-2-9-4-5-15-11(9)6-10/h2-6,8,15,19H,7H2,1H3,(H,16,20)/t8-/m0/s1. The van der Waals surface area contributed by atoms with Gasteiger partial charge in [0.25, 0.3) is 0 Å². The Kier molecular flexibility index (Phi) is 3.41. The van der Waals surface area contributed by atoms with Gasteiger partial charge in [0.05, 0.1) is 6.10 Å². The number of rotatable bonds is 4. The van der Waals surface area contributed by atoms with Crippen LogP contribution in [0.3, 0.4) is 0 Å². The van der Waals surface area contributed by atoms with Crippen LogP contribution in [-0.4, -0.2) is 38.8 Å². The topological polar surface area (TPSA) is 104 Å². The maximum absolute atomic E-state index is 11.7. The maximum atomic E-state index is 11.7. The summed E-state index contributed by atoms with van der Waals surface area (Å²) in [5, 5.41) is 16.5. The van der Waals surface area contributed by atoms with E-state index in [1.165, 1.54) is 0 Å². The molecule has 0 aliphatic rings. The number of hydrogen-bond acceptors (Lipinski definition) is 5. The molecule has 21 heavy (non-hydrogen) atoms. The number of aromatic amines is 1. The van der Waals surface area contributed by atoms with Crippen molar-refractivity contribution >= 4 is 16.8 Å². The Morgan fingerprint density at radius 3 is 3.14 bits per heavy atom. The molecule has 3 rings (SSSR count). The zero-order valence-corrected chi connectivity index (χ0v) is 11.3. The van der Waals surface area contributed by atoms with Gasteiger partial charge in [-0.3, -0.25) is 4.79 Å². The van der Waals surface area contributed by atoms with Crippen LogP contribution in [0, 0.1) is 0 Å². The van der Waals surface area contributed by atoms with Crippen LogP contribution in [-0.2, 0) is 0 Å². The van der Waals surface area contributed by atoms with Gasteiger partial charge < -0.3 is 19.9 Å². The molecule has 0 fully saturated rings. The molecule has 2 heterocycles. The third kappa shape index (κ3) is 2.77. The number of carbonyl (C=O) groups excluding carboxylic acids is 1. The monoisotopic (exact) mass is 286 g/mol. The molecule has 3 N–H and O–H groups in total. The van der Waals surface area contributed by atoms with Crippen molar-refractivity contribution in [1.82, 2.24) is 20.4 Å². The van der Waals surface area contributed by atoms with Gasteiger partial charge in [0.1, 0.15) is 0 Å². The number of aromatic nitrogens is 3. The van der Waals surface area contributed by atoms with Crippen molar-refractivity contribution in [2.75, 3.05) is 6.54 Å². The SMILES string of the molecule is C[C@H](O)CNC(=O)c1nc(-c2ccc3cc[nH]c3c2)no1. The fourth-order valence-electron chi connectivity index (χ4n) is 1.94. The Hall–Kier alpha value is -2.67. The minimum atomic E-state index is -0.633. The van der Waals surface area contributed by atoms with E-state index < -0.39 is 12.0 Å². The molecule has 0 saturated heterocycles. The van der Waals surface area contributed by atoms with Crippen molar-refractivity contribution in [3.05, 3.63) is 36.4 Å². The first-order valence-corrected chi connectivity index (χ1v) is 6.51. The average Bonchev–Trinajstić information content (AvgIpc) is 3.12. The molecular weight excluding hydrogens is 272 g/mol. The number of fused-ring (bicyclic) bond motifs is 1. The van der Waals surface area contributed by atoms with Crippen LogP contribution < -0.4 is 5.32 Å². The van der Waals surface area contributed by atoms with Crippen molar-refractivity contribution < 1.29 is 14.4 Å². The zero-order chi connectivity index (χ0) is 14.8. The number of carbonyl (C=O) groups is 1. The normalized spacial score (nSPS) is 12.5. The van der Waals surface area contributed by atoms with E-state index in [-0.39, 0.29) is 12.4 Å². The van der Waals surface area contributed by atoms with E-state index in [9.17, 15) is 4.79 Å². The predicted octanol–water partition coefficient (Wildman–Crippen LogP) is 1.33. The summed E-state index contributed by atoms with van der Waals surface area (Å²) in [6.07, 6.45) is 1.21. The van der Waals surface area contributed by atoms with Crippen LogP contribution in [0.15, 0.2) is 35.0 Å². The number of hydrogen-bond donors (Lipinski definition) is 3. The van der Waals surface area contributed by atoms with E-state index in [1.807, 2.05) is 30.5 Å². The fraction of sp³-hybridized carbons (Fsp3) is 0.214. The molecule has 7 nitrogen and oxygen atoms in total. The predicted molar refractivity (Wildman–Crippen MR) is 75.6 cm³/mol. The lowest BCUT2D eigenvalue weighted by molar-refractivity contribution is 0.0880. The van der Waals surface area contributed by atoms with Gasteiger partial charge in [0.2, 0.25) is 5.82 Å². The highest BCUT2D eigenvalue weighted by Crippen LogP contribution is 2.21. The number of nitrogens with one attached hydrogen (secondary N) is 2. The average molecular weight is 286 g/mol. The van der Waals surface area contributed by atoms with Crippen molar-refractivity contribution in [2.24, 2.45) is 0 Å². The summed E-state index contributed by atoms with van der Waals surface area (Å²) >= 11 is 0. The zero-order valence-electron chi connectivity index (χ0n) is 11.3. The van der Waals surface area contributed by atoms with Gasteiger partial charge in [0.15, 0.2) is 0 Å². The second-order valence-corrected chi connectivity index (χ2v) is 4.76. The lowest BCUT2D eigenvalue weighted by Crippen LogP contribution is -2.30. The number of amides is 1. The van der Waals surface area contributed by atoms with Gasteiger partial charge in [-0.1, -0.05) is 17.3 Å². The molecule has 0 saturated carbocycles. The summed E-state index contributed by atoms with van der Waals surface area (Å²) in [6.45, 7) is 1.70. The molecule has 0 spiro atoms. The lowest BCUT2D eigenvalue weighted by Gasteiger charge is -2.03. The number of benzene rings is 1. The van der Waals surface area contributed by atoms with Crippen LogP contribution in [0.25, 0.3) is 22.3 Å². The molecule has 108 valence electrons. The Labute approximate surface area is 120 Å². The quantitative estimate of drug-likeness (QED) is 0.671. The van der Waals surface area contributed by atoms with Crippen molar-refractivity contribution in [2.45, 2.75) is 13.0 Å². The second kappa shape index (κ2) is 5.37. The third-order valence-electron chi connectivity index (χ3n) is 2.99. The molecular formula is C14H14N4O3. The van der Waals surface area contributed by atoms with E-state index in [0.29, 0.717) is 5.82 Å².